The molecule has 0 bridgehead atoms. The van der Waals surface area contributed by atoms with Crippen LogP contribution < -0.4 is 5.32 Å². The first-order chi connectivity index (χ1) is 11.2. The van der Waals surface area contributed by atoms with Gasteiger partial charge in [-0.3, -0.25) is 0 Å². The second-order valence-corrected chi connectivity index (χ2v) is 7.09. The van der Waals surface area contributed by atoms with Crippen molar-refractivity contribution in [2.75, 3.05) is 26.0 Å². The van der Waals surface area contributed by atoms with Gasteiger partial charge in [0, 0.05) is 11.4 Å². The minimum Gasteiger partial charge on any atom is -0.418 e. The molecule has 0 spiro atoms. The minimum absolute atomic E-state index is 0.205. The van der Waals surface area contributed by atoms with Gasteiger partial charge in [0.25, 0.3) is 0 Å². The quantitative estimate of drug-likeness (QED) is 0.731. The molecule has 1 atom stereocenters. The van der Waals surface area contributed by atoms with E-state index < -0.39 is 0 Å². The van der Waals surface area contributed by atoms with Crippen LogP contribution in [0.15, 0.2) is 39.4 Å². The van der Waals surface area contributed by atoms with Crippen molar-refractivity contribution < 1.29 is 4.42 Å². The number of hydrogen-bond acceptors (Lipinski definition) is 7. The van der Waals surface area contributed by atoms with Gasteiger partial charge in [0.1, 0.15) is 6.07 Å². The topological polar surface area (TPSA) is 65.1 Å². The fraction of sp³-hybridized carbons (Fsp3) is 0.250. The third-order valence-electron chi connectivity index (χ3n) is 3.42. The van der Waals surface area contributed by atoms with E-state index in [1.54, 1.807) is 11.3 Å². The molecule has 1 N–H and O–H groups in total. The van der Waals surface area contributed by atoms with Crippen LogP contribution in [-0.4, -0.2) is 30.5 Å². The Kier molecular flexibility index (Phi) is 4.76. The van der Waals surface area contributed by atoms with Gasteiger partial charge < -0.3 is 14.6 Å². The lowest BCUT2D eigenvalue weighted by Crippen LogP contribution is -2.26. The van der Waals surface area contributed by atoms with Crippen molar-refractivity contribution in [1.82, 2.24) is 9.88 Å². The number of anilines is 1. The highest BCUT2D eigenvalue weighted by atomic mass is 32.1. The van der Waals surface area contributed by atoms with Gasteiger partial charge in [-0.25, -0.2) is 0 Å². The van der Waals surface area contributed by atoms with E-state index >= 15 is 0 Å². The Hall–Kier alpha value is -2.14. The first-order valence-electron chi connectivity index (χ1n) is 7.07. The number of nitrogens with zero attached hydrogens (tertiary/aromatic N) is 3. The van der Waals surface area contributed by atoms with Crippen LogP contribution in [0.3, 0.4) is 0 Å². The first kappa shape index (κ1) is 15.7. The molecule has 3 aromatic rings. The third kappa shape index (κ3) is 3.45. The molecule has 0 aliphatic heterocycles. The summed E-state index contributed by atoms with van der Waals surface area (Å²) in [7, 11) is 4.07. The van der Waals surface area contributed by atoms with Crippen LogP contribution in [0.5, 0.6) is 0 Å². The smallest absolute Gasteiger partial charge is 0.240 e. The predicted molar refractivity (Wildman–Crippen MR) is 93.8 cm³/mol. The molecule has 7 heteroatoms. The molecule has 3 aromatic heterocycles. The van der Waals surface area contributed by atoms with Crippen molar-refractivity contribution in [2.24, 2.45) is 0 Å². The Morgan fingerprint density at radius 3 is 2.70 bits per heavy atom. The number of nitrogens with one attached hydrogen (secondary N) is 1. The van der Waals surface area contributed by atoms with E-state index in [9.17, 15) is 5.26 Å². The van der Waals surface area contributed by atoms with Crippen molar-refractivity contribution in [1.29, 1.82) is 5.26 Å². The van der Waals surface area contributed by atoms with Crippen LogP contribution in [-0.2, 0) is 0 Å². The van der Waals surface area contributed by atoms with Gasteiger partial charge in [-0.2, -0.15) is 10.2 Å². The van der Waals surface area contributed by atoms with Crippen molar-refractivity contribution in [3.8, 4) is 16.8 Å². The average Bonchev–Trinajstić information content (AvgIpc) is 3.28. The summed E-state index contributed by atoms with van der Waals surface area (Å²) in [6.07, 6.45) is 0. The molecule has 118 valence electrons. The molecular weight excluding hydrogens is 328 g/mol. The number of rotatable bonds is 6. The summed E-state index contributed by atoms with van der Waals surface area (Å²) in [5.74, 6) is 0.913. The van der Waals surface area contributed by atoms with Crippen LogP contribution >= 0.6 is 22.7 Å². The van der Waals surface area contributed by atoms with Crippen LogP contribution in [0.1, 0.15) is 16.6 Å². The largest absolute Gasteiger partial charge is 0.418 e. The summed E-state index contributed by atoms with van der Waals surface area (Å²) < 4.78 is 5.75. The van der Waals surface area contributed by atoms with Crippen molar-refractivity contribution in [3.05, 3.63) is 45.6 Å². The third-order valence-corrected chi connectivity index (χ3v) is 5.25. The number of hydrogen-bond donors (Lipinski definition) is 1. The molecule has 0 aliphatic carbocycles. The zero-order valence-electron chi connectivity index (χ0n) is 12.8. The Morgan fingerprint density at radius 2 is 2.09 bits per heavy atom. The van der Waals surface area contributed by atoms with Gasteiger partial charge in [-0.1, -0.05) is 12.1 Å². The van der Waals surface area contributed by atoms with Crippen LogP contribution in [0.25, 0.3) is 10.8 Å². The number of nitriles is 1. The monoisotopic (exact) mass is 344 g/mol. The molecule has 23 heavy (non-hydrogen) atoms. The Labute approximate surface area is 142 Å². The standard InChI is InChI=1S/C16H16N4OS2/c1-20(2)12(13-5-3-7-22-13)10-18-15-11(9-17)19-16(21-15)14-6-4-8-23-14/h3-8,12,18H,10H2,1-2H3/t12-/m1/s1. The molecule has 0 fully saturated rings. The molecule has 0 amide bonds. The predicted octanol–water partition coefficient (Wildman–Crippen LogP) is 4.05. The van der Waals surface area contributed by atoms with Gasteiger partial charge in [0.05, 0.1) is 10.9 Å². The molecule has 3 rings (SSSR count). The minimum atomic E-state index is 0.205. The van der Waals surface area contributed by atoms with E-state index in [0.29, 0.717) is 18.3 Å². The zero-order valence-corrected chi connectivity index (χ0v) is 14.4. The maximum absolute atomic E-state index is 9.27. The van der Waals surface area contributed by atoms with Gasteiger partial charge in [-0.05, 0) is 37.0 Å². The summed E-state index contributed by atoms with van der Waals surface area (Å²) in [4.78, 5) is 8.58. The molecule has 0 aromatic carbocycles. The van der Waals surface area contributed by atoms with Gasteiger partial charge in [0.15, 0.2) is 0 Å². The van der Waals surface area contributed by atoms with E-state index in [1.165, 1.54) is 16.2 Å². The SMILES string of the molecule is CN(C)[C@H](CNc1oc(-c2cccs2)nc1C#N)c1cccs1. The van der Waals surface area contributed by atoms with E-state index in [1.807, 2.05) is 37.7 Å². The number of likely N-dealkylation sites (N-methyl/N-ethyl adjacent to an activating group) is 1. The maximum atomic E-state index is 9.27. The summed E-state index contributed by atoms with van der Waals surface area (Å²) in [5.41, 5.74) is 0.289. The lowest BCUT2D eigenvalue weighted by Gasteiger charge is -2.23. The fourth-order valence-corrected chi connectivity index (χ4v) is 3.80. The molecule has 0 saturated carbocycles. The van der Waals surface area contributed by atoms with Crippen molar-refractivity contribution in [2.45, 2.75) is 6.04 Å². The van der Waals surface area contributed by atoms with E-state index in [0.717, 1.165) is 4.88 Å². The molecule has 0 radical (unpaired) electrons. The van der Waals surface area contributed by atoms with Gasteiger partial charge in [-0.15, -0.1) is 22.7 Å². The first-order valence-corrected chi connectivity index (χ1v) is 8.83. The van der Waals surface area contributed by atoms with Crippen LogP contribution in [0.2, 0.25) is 0 Å². The van der Waals surface area contributed by atoms with Crippen molar-refractivity contribution in [3.63, 3.8) is 0 Å². The molecule has 0 aliphatic rings. The van der Waals surface area contributed by atoms with Crippen molar-refractivity contribution >= 4 is 28.6 Å². The van der Waals surface area contributed by atoms with Gasteiger partial charge in [0.2, 0.25) is 17.5 Å². The summed E-state index contributed by atoms with van der Waals surface area (Å²) >= 11 is 3.25. The van der Waals surface area contributed by atoms with E-state index in [-0.39, 0.29) is 11.7 Å². The normalized spacial score (nSPS) is 12.3. The molecule has 3 heterocycles. The second kappa shape index (κ2) is 6.96. The van der Waals surface area contributed by atoms with Gasteiger partial charge >= 0.3 is 0 Å². The number of aromatic nitrogens is 1. The summed E-state index contributed by atoms with van der Waals surface area (Å²) in [5, 5.41) is 16.5. The van der Waals surface area contributed by atoms with Crippen LogP contribution in [0, 0.1) is 11.3 Å². The lowest BCUT2D eigenvalue weighted by molar-refractivity contribution is 0.315. The van der Waals surface area contributed by atoms with E-state index in [2.05, 4.69) is 32.7 Å². The highest BCUT2D eigenvalue weighted by Gasteiger charge is 2.19. The molecule has 5 nitrogen and oxygen atoms in total. The summed E-state index contributed by atoms with van der Waals surface area (Å²) in [6, 6.07) is 10.3. The number of thiophene rings is 2. The molecule has 0 unspecified atom stereocenters. The van der Waals surface area contributed by atoms with E-state index in [4.69, 9.17) is 4.42 Å². The highest BCUT2D eigenvalue weighted by molar-refractivity contribution is 7.13. The molecule has 0 saturated heterocycles. The summed E-state index contributed by atoms with van der Waals surface area (Å²) in [6.45, 7) is 0.640. The highest BCUT2D eigenvalue weighted by Crippen LogP contribution is 2.30. The fourth-order valence-electron chi connectivity index (χ4n) is 2.23. The van der Waals surface area contributed by atoms with Crippen LogP contribution in [0.4, 0.5) is 5.88 Å². The number of oxazole rings is 1. The molecular formula is C16H16N4OS2. The zero-order chi connectivity index (χ0) is 16.2. The lowest BCUT2D eigenvalue weighted by atomic mass is 10.2. The Bertz CT molecular complexity index is 785. The Balaban J connectivity index is 1.78. The maximum Gasteiger partial charge on any atom is 0.240 e. The second-order valence-electron chi connectivity index (χ2n) is 5.16. The Morgan fingerprint density at radius 1 is 1.30 bits per heavy atom. The average molecular weight is 344 g/mol.